The molecule has 2 N–H and O–H groups in total. The van der Waals surface area contributed by atoms with Crippen LogP contribution in [0.25, 0.3) is 0 Å². The van der Waals surface area contributed by atoms with Crippen molar-refractivity contribution in [2.24, 2.45) is 0 Å². The molecule has 0 unspecified atom stereocenters. The Hall–Kier alpha value is -3.35. The molecule has 0 bridgehead atoms. The minimum Gasteiger partial charge on any atom is -0.457 e. The van der Waals surface area contributed by atoms with E-state index in [2.05, 4.69) is 10.6 Å². The molecule has 3 aromatic carbocycles. The quantitative estimate of drug-likeness (QED) is 0.553. The number of amides is 2. The minimum atomic E-state index is -0.214. The maximum absolute atomic E-state index is 12.2. The minimum absolute atomic E-state index is 0.0797. The number of para-hydroxylation sites is 1. The van der Waals surface area contributed by atoms with Gasteiger partial charge in [-0.1, -0.05) is 29.8 Å². The van der Waals surface area contributed by atoms with Gasteiger partial charge in [0.2, 0.25) is 11.8 Å². The summed E-state index contributed by atoms with van der Waals surface area (Å²) in [6.45, 7) is 0.163. The van der Waals surface area contributed by atoms with Gasteiger partial charge in [0, 0.05) is 16.4 Å². The van der Waals surface area contributed by atoms with Crippen molar-refractivity contribution in [3.8, 4) is 11.5 Å². The van der Waals surface area contributed by atoms with E-state index in [4.69, 9.17) is 16.3 Å². The summed E-state index contributed by atoms with van der Waals surface area (Å²) in [5.74, 6) is 0.992. The molecule has 0 heterocycles. The number of anilines is 2. The fourth-order valence-corrected chi connectivity index (χ4v) is 2.84. The van der Waals surface area contributed by atoms with Crippen molar-refractivity contribution < 1.29 is 14.3 Å². The zero-order valence-electron chi connectivity index (χ0n) is 16.5. The van der Waals surface area contributed by atoms with Crippen molar-refractivity contribution in [2.75, 3.05) is 30.8 Å². The zero-order chi connectivity index (χ0) is 21.3. The molecule has 0 radical (unpaired) electrons. The number of nitrogens with one attached hydrogen (secondary N) is 2. The number of carbonyl (C=O) groups is 2. The predicted molar refractivity (Wildman–Crippen MR) is 119 cm³/mol. The summed E-state index contributed by atoms with van der Waals surface area (Å²) in [6, 6.07) is 23.4. The van der Waals surface area contributed by atoms with Gasteiger partial charge >= 0.3 is 0 Å². The molecule has 6 nitrogen and oxygen atoms in total. The fourth-order valence-electron chi connectivity index (χ4n) is 2.71. The molecule has 0 aromatic heterocycles. The van der Waals surface area contributed by atoms with Crippen LogP contribution in [0.1, 0.15) is 0 Å². The van der Waals surface area contributed by atoms with Gasteiger partial charge in [0.1, 0.15) is 11.5 Å². The Bertz CT molecular complexity index is 977. The molecule has 0 saturated carbocycles. The van der Waals surface area contributed by atoms with E-state index in [1.54, 1.807) is 60.5 Å². The number of likely N-dealkylation sites (N-methyl/N-ethyl adjacent to an activating group) is 1. The molecule has 0 aliphatic carbocycles. The highest BCUT2D eigenvalue weighted by atomic mass is 35.5. The summed E-state index contributed by atoms with van der Waals surface area (Å²) >= 11 is 5.83. The van der Waals surface area contributed by atoms with Crippen LogP contribution in [-0.2, 0) is 9.59 Å². The SMILES string of the molecule is CN(CC(=O)Nc1ccc(Cl)cc1)CC(=O)Nc1ccc(Oc2ccccc2)cc1. The molecule has 3 rings (SSSR count). The van der Waals surface area contributed by atoms with Crippen LogP contribution in [0.3, 0.4) is 0 Å². The molecule has 0 atom stereocenters. The van der Waals surface area contributed by atoms with Crippen LogP contribution >= 0.6 is 11.6 Å². The van der Waals surface area contributed by atoms with Crippen molar-refractivity contribution in [3.05, 3.63) is 83.9 Å². The second-order valence-corrected chi connectivity index (χ2v) is 7.15. The first-order valence-corrected chi connectivity index (χ1v) is 9.72. The lowest BCUT2D eigenvalue weighted by Gasteiger charge is -2.16. The molecule has 0 saturated heterocycles. The number of hydrogen-bond donors (Lipinski definition) is 2. The van der Waals surface area contributed by atoms with Crippen molar-refractivity contribution in [1.82, 2.24) is 4.90 Å². The highest BCUT2D eigenvalue weighted by molar-refractivity contribution is 6.30. The molecule has 3 aromatic rings. The Morgan fingerprint density at radius 2 is 1.23 bits per heavy atom. The molecular weight excluding hydrogens is 402 g/mol. The predicted octanol–water partition coefficient (Wildman–Crippen LogP) is 4.64. The van der Waals surface area contributed by atoms with Gasteiger partial charge in [0.05, 0.1) is 13.1 Å². The van der Waals surface area contributed by atoms with Gasteiger partial charge in [0.25, 0.3) is 0 Å². The van der Waals surface area contributed by atoms with E-state index in [0.29, 0.717) is 22.1 Å². The smallest absolute Gasteiger partial charge is 0.238 e. The van der Waals surface area contributed by atoms with Gasteiger partial charge in [0.15, 0.2) is 0 Å². The van der Waals surface area contributed by atoms with Crippen LogP contribution in [-0.4, -0.2) is 36.9 Å². The first kappa shape index (κ1) is 21.4. The van der Waals surface area contributed by atoms with Crippen LogP contribution in [0.2, 0.25) is 5.02 Å². The van der Waals surface area contributed by atoms with Crippen molar-refractivity contribution in [2.45, 2.75) is 0 Å². The van der Waals surface area contributed by atoms with Gasteiger partial charge in [-0.05, 0) is 67.7 Å². The lowest BCUT2D eigenvalue weighted by Crippen LogP contribution is -2.36. The standard InChI is InChI=1S/C23H22ClN3O3/c1-27(15-22(28)25-18-9-7-17(24)8-10-18)16-23(29)26-19-11-13-21(14-12-19)30-20-5-3-2-4-6-20/h2-14H,15-16H2,1H3,(H,25,28)(H,26,29). The number of hydrogen-bond acceptors (Lipinski definition) is 4. The van der Waals surface area contributed by atoms with E-state index < -0.39 is 0 Å². The van der Waals surface area contributed by atoms with Crippen molar-refractivity contribution in [3.63, 3.8) is 0 Å². The normalized spacial score (nSPS) is 10.5. The Labute approximate surface area is 180 Å². The number of halogens is 1. The van der Waals surface area contributed by atoms with Crippen LogP contribution in [0.4, 0.5) is 11.4 Å². The second-order valence-electron chi connectivity index (χ2n) is 6.72. The molecule has 7 heteroatoms. The monoisotopic (exact) mass is 423 g/mol. The number of ether oxygens (including phenoxy) is 1. The second kappa shape index (κ2) is 10.4. The maximum atomic E-state index is 12.2. The Morgan fingerprint density at radius 3 is 1.77 bits per heavy atom. The topological polar surface area (TPSA) is 70.7 Å². The summed E-state index contributed by atoms with van der Waals surface area (Å²) in [4.78, 5) is 26.0. The van der Waals surface area contributed by atoms with Gasteiger partial charge in [-0.3, -0.25) is 14.5 Å². The summed E-state index contributed by atoms with van der Waals surface area (Å²) in [6.07, 6.45) is 0. The van der Waals surface area contributed by atoms with Crippen molar-refractivity contribution in [1.29, 1.82) is 0 Å². The fraction of sp³-hybridized carbons (Fsp3) is 0.130. The Kier molecular flexibility index (Phi) is 7.43. The van der Waals surface area contributed by atoms with Gasteiger partial charge < -0.3 is 15.4 Å². The van der Waals surface area contributed by atoms with Crippen LogP contribution in [0, 0.1) is 0 Å². The van der Waals surface area contributed by atoms with Crippen LogP contribution < -0.4 is 15.4 Å². The molecule has 0 spiro atoms. The average molecular weight is 424 g/mol. The van der Waals surface area contributed by atoms with E-state index in [0.717, 1.165) is 5.75 Å². The summed E-state index contributed by atoms with van der Waals surface area (Å²) in [5.41, 5.74) is 1.31. The molecule has 0 aliphatic rings. The highest BCUT2D eigenvalue weighted by Crippen LogP contribution is 2.22. The van der Waals surface area contributed by atoms with Gasteiger partial charge in [-0.15, -0.1) is 0 Å². The van der Waals surface area contributed by atoms with E-state index in [-0.39, 0.29) is 24.9 Å². The summed E-state index contributed by atoms with van der Waals surface area (Å²) in [5, 5.41) is 6.17. The molecule has 0 aliphatic heterocycles. The summed E-state index contributed by atoms with van der Waals surface area (Å²) < 4.78 is 5.73. The molecular formula is C23H22ClN3O3. The summed E-state index contributed by atoms with van der Waals surface area (Å²) in [7, 11) is 1.71. The van der Waals surface area contributed by atoms with Crippen LogP contribution in [0.15, 0.2) is 78.9 Å². The first-order chi connectivity index (χ1) is 14.5. The third-order valence-corrected chi connectivity index (χ3v) is 4.32. The average Bonchev–Trinajstić information content (AvgIpc) is 2.71. The van der Waals surface area contributed by atoms with E-state index >= 15 is 0 Å². The largest absolute Gasteiger partial charge is 0.457 e. The first-order valence-electron chi connectivity index (χ1n) is 9.35. The zero-order valence-corrected chi connectivity index (χ0v) is 17.2. The Morgan fingerprint density at radius 1 is 0.767 bits per heavy atom. The molecule has 2 amide bonds. The Balaban J connectivity index is 1.44. The third-order valence-electron chi connectivity index (χ3n) is 4.07. The number of carbonyl (C=O) groups excluding carboxylic acids is 2. The van der Waals surface area contributed by atoms with Crippen molar-refractivity contribution >= 4 is 34.8 Å². The van der Waals surface area contributed by atoms with E-state index in [9.17, 15) is 9.59 Å². The number of nitrogens with zero attached hydrogens (tertiary/aromatic N) is 1. The lowest BCUT2D eigenvalue weighted by atomic mass is 10.3. The van der Waals surface area contributed by atoms with E-state index in [1.807, 2.05) is 30.3 Å². The number of rotatable bonds is 8. The van der Waals surface area contributed by atoms with Gasteiger partial charge in [-0.2, -0.15) is 0 Å². The lowest BCUT2D eigenvalue weighted by molar-refractivity contribution is -0.119. The highest BCUT2D eigenvalue weighted by Gasteiger charge is 2.11. The third kappa shape index (κ3) is 6.92. The van der Waals surface area contributed by atoms with E-state index in [1.165, 1.54) is 0 Å². The molecule has 30 heavy (non-hydrogen) atoms. The molecule has 154 valence electrons. The number of benzene rings is 3. The van der Waals surface area contributed by atoms with Gasteiger partial charge in [-0.25, -0.2) is 0 Å². The maximum Gasteiger partial charge on any atom is 0.238 e. The molecule has 0 fully saturated rings. The van der Waals surface area contributed by atoms with Crippen LogP contribution in [0.5, 0.6) is 11.5 Å².